The first-order valence-corrected chi connectivity index (χ1v) is 11.7. The average Bonchev–Trinajstić information content (AvgIpc) is 3.29. The van der Waals surface area contributed by atoms with Gasteiger partial charge < -0.3 is 14.6 Å². The van der Waals surface area contributed by atoms with Crippen molar-refractivity contribution in [3.05, 3.63) is 53.1 Å². The van der Waals surface area contributed by atoms with Crippen molar-refractivity contribution in [1.29, 1.82) is 0 Å². The monoisotopic (exact) mass is 495 g/mol. The first-order valence-electron chi connectivity index (χ1n) is 9.85. The normalized spacial score (nSPS) is 16.6. The number of amides is 1. The lowest BCUT2D eigenvalue weighted by Gasteiger charge is -2.22. The van der Waals surface area contributed by atoms with Crippen molar-refractivity contribution in [3.63, 3.8) is 0 Å². The zero-order valence-corrected chi connectivity index (χ0v) is 19.2. The Morgan fingerprint density at radius 3 is 2.64 bits per heavy atom. The minimum atomic E-state index is -3.86. The van der Waals surface area contributed by atoms with E-state index in [2.05, 4.69) is 10.5 Å². The molecule has 3 rings (SSSR count). The molecule has 0 aliphatic carbocycles. The van der Waals surface area contributed by atoms with Crippen molar-refractivity contribution in [2.75, 3.05) is 20.3 Å². The molecule has 1 aliphatic heterocycles. The standard InChI is InChI=1S/C21H22ClN3O7S/c1-31-19-11-14(4-9-18(19)32-13-20(26)27)12-23-24-21(28)17-3-2-10-25(17)33(29,30)16-7-5-15(22)6-8-16/h4-9,11-12,17H,2-3,10,13H2,1H3,(H,24,28)(H,26,27)/b23-12-/t17-/m0/s1. The highest BCUT2D eigenvalue weighted by atomic mass is 35.5. The number of hydrogen-bond acceptors (Lipinski definition) is 7. The van der Waals surface area contributed by atoms with Gasteiger partial charge in [0.05, 0.1) is 18.2 Å². The molecule has 2 aromatic rings. The highest BCUT2D eigenvalue weighted by molar-refractivity contribution is 7.89. The number of hydrogen-bond donors (Lipinski definition) is 2. The fourth-order valence-electron chi connectivity index (χ4n) is 3.30. The Morgan fingerprint density at radius 2 is 1.97 bits per heavy atom. The molecule has 0 spiro atoms. The largest absolute Gasteiger partial charge is 0.493 e. The highest BCUT2D eigenvalue weighted by Gasteiger charge is 2.39. The number of ether oxygens (including phenoxy) is 2. The van der Waals surface area contributed by atoms with Crippen molar-refractivity contribution < 1.29 is 32.6 Å². The summed E-state index contributed by atoms with van der Waals surface area (Å²) in [5.41, 5.74) is 2.93. The number of carbonyl (C=O) groups is 2. The van der Waals surface area contributed by atoms with Gasteiger partial charge in [-0.05, 0) is 60.9 Å². The second-order valence-electron chi connectivity index (χ2n) is 7.05. The number of carbonyl (C=O) groups excluding carboxylic acids is 1. The van der Waals surface area contributed by atoms with Crippen molar-refractivity contribution in [1.82, 2.24) is 9.73 Å². The number of methoxy groups -OCH3 is 1. The van der Waals surface area contributed by atoms with Gasteiger partial charge in [-0.1, -0.05) is 11.6 Å². The number of carboxylic acids is 1. The van der Waals surface area contributed by atoms with Gasteiger partial charge in [0.2, 0.25) is 10.0 Å². The molecule has 12 heteroatoms. The summed E-state index contributed by atoms with van der Waals surface area (Å²) in [5.74, 6) is -1.13. The van der Waals surface area contributed by atoms with Crippen LogP contribution in [0.1, 0.15) is 18.4 Å². The minimum Gasteiger partial charge on any atom is -0.493 e. The molecule has 176 valence electrons. The second kappa shape index (κ2) is 10.6. The third-order valence-electron chi connectivity index (χ3n) is 4.85. The van der Waals surface area contributed by atoms with E-state index in [0.717, 1.165) is 0 Å². The SMILES string of the molecule is COc1cc(/C=N\NC(=O)[C@@H]2CCCN2S(=O)(=O)c2ccc(Cl)cc2)ccc1OCC(=O)O. The van der Waals surface area contributed by atoms with Crippen LogP contribution in [0.2, 0.25) is 5.02 Å². The van der Waals surface area contributed by atoms with Gasteiger partial charge >= 0.3 is 5.97 Å². The van der Waals surface area contributed by atoms with Crippen LogP contribution in [0.4, 0.5) is 0 Å². The third-order valence-corrected chi connectivity index (χ3v) is 7.03. The fraction of sp³-hybridized carbons (Fsp3) is 0.286. The van der Waals surface area contributed by atoms with E-state index in [4.69, 9.17) is 26.2 Å². The molecule has 2 aromatic carbocycles. The molecular formula is C21H22ClN3O7S. The number of benzene rings is 2. The van der Waals surface area contributed by atoms with Gasteiger partial charge in [0, 0.05) is 11.6 Å². The Morgan fingerprint density at radius 1 is 1.24 bits per heavy atom. The molecule has 0 saturated carbocycles. The van der Waals surface area contributed by atoms with Gasteiger partial charge in [0.25, 0.3) is 5.91 Å². The summed E-state index contributed by atoms with van der Waals surface area (Å²) in [4.78, 5) is 23.4. The first-order chi connectivity index (χ1) is 15.7. The lowest BCUT2D eigenvalue weighted by molar-refractivity contribution is -0.139. The van der Waals surface area contributed by atoms with Crippen molar-refractivity contribution in [3.8, 4) is 11.5 Å². The van der Waals surface area contributed by atoms with Gasteiger partial charge in [-0.15, -0.1) is 0 Å². The van der Waals surface area contributed by atoms with Crippen LogP contribution in [-0.4, -0.2) is 62.2 Å². The van der Waals surface area contributed by atoms with E-state index in [9.17, 15) is 18.0 Å². The quantitative estimate of drug-likeness (QED) is 0.402. The fourth-order valence-corrected chi connectivity index (χ4v) is 5.08. The number of carboxylic acid groups (broad SMARTS) is 1. The van der Waals surface area contributed by atoms with Gasteiger partial charge in [0.1, 0.15) is 6.04 Å². The molecule has 1 atom stereocenters. The summed E-state index contributed by atoms with van der Waals surface area (Å²) >= 11 is 5.84. The Balaban J connectivity index is 1.67. The van der Waals surface area contributed by atoms with Crippen LogP contribution < -0.4 is 14.9 Å². The van der Waals surface area contributed by atoms with E-state index < -0.39 is 34.5 Å². The smallest absolute Gasteiger partial charge is 0.341 e. The zero-order chi connectivity index (χ0) is 24.0. The molecule has 0 unspecified atom stereocenters. The van der Waals surface area contributed by atoms with Crippen LogP contribution in [-0.2, 0) is 19.6 Å². The van der Waals surface area contributed by atoms with Gasteiger partial charge in [0.15, 0.2) is 18.1 Å². The molecule has 1 heterocycles. The molecule has 33 heavy (non-hydrogen) atoms. The van der Waals surface area contributed by atoms with E-state index >= 15 is 0 Å². The predicted molar refractivity (Wildman–Crippen MR) is 120 cm³/mol. The van der Waals surface area contributed by atoms with E-state index in [1.807, 2.05) is 0 Å². The van der Waals surface area contributed by atoms with Crippen LogP contribution in [0, 0.1) is 0 Å². The lowest BCUT2D eigenvalue weighted by atomic mass is 10.2. The van der Waals surface area contributed by atoms with Crippen LogP contribution in [0.25, 0.3) is 0 Å². The maximum Gasteiger partial charge on any atom is 0.341 e. The number of rotatable bonds is 9. The predicted octanol–water partition coefficient (Wildman–Crippen LogP) is 2.12. The Hall–Kier alpha value is -3.15. The molecule has 0 bridgehead atoms. The lowest BCUT2D eigenvalue weighted by Crippen LogP contribution is -2.44. The molecule has 1 fully saturated rings. The van der Waals surface area contributed by atoms with Crippen molar-refractivity contribution >= 4 is 39.7 Å². The number of nitrogens with one attached hydrogen (secondary N) is 1. The van der Waals surface area contributed by atoms with E-state index in [1.165, 1.54) is 48.0 Å². The van der Waals surface area contributed by atoms with E-state index in [1.54, 1.807) is 12.1 Å². The van der Waals surface area contributed by atoms with Crippen molar-refractivity contribution in [2.24, 2.45) is 5.10 Å². The number of halogens is 1. The van der Waals surface area contributed by atoms with Crippen LogP contribution in [0.15, 0.2) is 52.5 Å². The number of sulfonamides is 1. The van der Waals surface area contributed by atoms with Crippen LogP contribution in [0.3, 0.4) is 0 Å². The number of nitrogens with zero attached hydrogens (tertiary/aromatic N) is 2. The Labute approximate surface area is 195 Å². The third kappa shape index (κ3) is 6.01. The zero-order valence-electron chi connectivity index (χ0n) is 17.6. The summed E-state index contributed by atoms with van der Waals surface area (Å²) < 4.78 is 37.4. The Bertz CT molecular complexity index is 1150. The topological polar surface area (TPSA) is 135 Å². The first kappa shape index (κ1) is 24.5. The summed E-state index contributed by atoms with van der Waals surface area (Å²) in [7, 11) is -2.46. The number of hydrazone groups is 1. The molecular weight excluding hydrogens is 474 g/mol. The van der Waals surface area contributed by atoms with E-state index in [0.29, 0.717) is 29.2 Å². The highest BCUT2D eigenvalue weighted by Crippen LogP contribution is 2.28. The molecule has 0 aromatic heterocycles. The molecule has 0 radical (unpaired) electrons. The van der Waals surface area contributed by atoms with Crippen LogP contribution in [0.5, 0.6) is 11.5 Å². The second-order valence-corrected chi connectivity index (χ2v) is 9.38. The molecule has 2 N–H and O–H groups in total. The summed E-state index contributed by atoms with van der Waals surface area (Å²) in [6.07, 6.45) is 2.27. The summed E-state index contributed by atoms with van der Waals surface area (Å²) in [6, 6.07) is 9.56. The average molecular weight is 496 g/mol. The van der Waals surface area contributed by atoms with E-state index in [-0.39, 0.29) is 17.2 Å². The molecule has 1 saturated heterocycles. The van der Waals surface area contributed by atoms with Crippen molar-refractivity contribution in [2.45, 2.75) is 23.8 Å². The maximum atomic E-state index is 13.0. The summed E-state index contributed by atoms with van der Waals surface area (Å²) in [5, 5.41) is 13.0. The molecule has 10 nitrogen and oxygen atoms in total. The number of aliphatic carboxylic acids is 1. The maximum absolute atomic E-state index is 13.0. The van der Waals surface area contributed by atoms with Crippen LogP contribution >= 0.6 is 11.6 Å². The Kier molecular flexibility index (Phi) is 7.90. The molecule has 1 aliphatic rings. The minimum absolute atomic E-state index is 0.0624. The van der Waals surface area contributed by atoms with Gasteiger partial charge in [-0.2, -0.15) is 9.41 Å². The van der Waals surface area contributed by atoms with Gasteiger partial charge in [-0.3, -0.25) is 4.79 Å². The molecule has 1 amide bonds. The van der Waals surface area contributed by atoms with Gasteiger partial charge in [-0.25, -0.2) is 18.6 Å². The summed E-state index contributed by atoms with van der Waals surface area (Å²) in [6.45, 7) is -0.293.